The summed E-state index contributed by atoms with van der Waals surface area (Å²) in [5.74, 6) is -4.77. The van der Waals surface area contributed by atoms with E-state index in [-0.39, 0.29) is 16.9 Å². The van der Waals surface area contributed by atoms with Gasteiger partial charge in [-0.1, -0.05) is 19.1 Å². The molecule has 1 aromatic carbocycles. The number of aliphatic carboxylic acids is 1. The number of nitrogens with zero attached hydrogens (tertiary/aromatic N) is 1. The smallest absolute Gasteiger partial charge is 0.450 e. The number of carbonyl (C=O) groups excluding carboxylic acids is 2. The maximum atomic E-state index is 12.6. The first-order valence-electron chi connectivity index (χ1n) is 6.99. The summed E-state index contributed by atoms with van der Waals surface area (Å²) in [5, 5.41) is 9.37. The van der Waals surface area contributed by atoms with Gasteiger partial charge in [0.15, 0.2) is 5.78 Å². The molecule has 1 heterocycles. The Morgan fingerprint density at radius 1 is 1.25 bits per heavy atom. The number of hydrogen-bond acceptors (Lipinski definition) is 3. The molecule has 24 heavy (non-hydrogen) atoms. The standard InChI is InChI=1S/C16H14F3NO4/c1-8(15(24)16(17,18)19)10-3-4-11-12(9(2)21)6-20(7-14(22)23)13(11)5-10/h3-6,8H,7H2,1-2H3,(H,22,23). The van der Waals surface area contributed by atoms with Crippen molar-refractivity contribution in [1.82, 2.24) is 4.57 Å². The summed E-state index contributed by atoms with van der Waals surface area (Å²) in [6, 6.07) is 4.09. The second-order valence-corrected chi connectivity index (χ2v) is 5.48. The quantitative estimate of drug-likeness (QED) is 0.848. The van der Waals surface area contributed by atoms with Crippen LogP contribution < -0.4 is 0 Å². The number of ketones is 2. The van der Waals surface area contributed by atoms with Gasteiger partial charge in [-0.3, -0.25) is 14.4 Å². The summed E-state index contributed by atoms with van der Waals surface area (Å²) in [5.41, 5.74) is 0.666. The van der Waals surface area contributed by atoms with E-state index >= 15 is 0 Å². The minimum atomic E-state index is -4.96. The maximum Gasteiger partial charge on any atom is 0.450 e. The van der Waals surface area contributed by atoms with Crippen molar-refractivity contribution >= 4 is 28.4 Å². The number of carboxylic acids is 1. The zero-order chi connectivity index (χ0) is 18.2. The van der Waals surface area contributed by atoms with Gasteiger partial charge in [-0.15, -0.1) is 0 Å². The second-order valence-electron chi connectivity index (χ2n) is 5.48. The van der Waals surface area contributed by atoms with Gasteiger partial charge in [0, 0.05) is 28.6 Å². The predicted molar refractivity (Wildman–Crippen MR) is 79.1 cm³/mol. The SMILES string of the molecule is CC(=O)c1cn(CC(=O)O)c2cc(C(C)C(=O)C(F)(F)F)ccc12. The Bertz CT molecular complexity index is 836. The Balaban J connectivity index is 2.58. The highest BCUT2D eigenvalue weighted by atomic mass is 19.4. The van der Waals surface area contributed by atoms with E-state index in [1.54, 1.807) is 0 Å². The summed E-state index contributed by atoms with van der Waals surface area (Å²) < 4.78 is 39.0. The first-order chi connectivity index (χ1) is 11.0. The highest BCUT2D eigenvalue weighted by molar-refractivity contribution is 6.07. The van der Waals surface area contributed by atoms with Crippen molar-refractivity contribution in [3.05, 3.63) is 35.5 Å². The van der Waals surface area contributed by atoms with Crippen molar-refractivity contribution in [1.29, 1.82) is 0 Å². The summed E-state index contributed by atoms with van der Waals surface area (Å²) in [6.07, 6.45) is -3.61. The van der Waals surface area contributed by atoms with Gasteiger partial charge in [0.2, 0.25) is 5.78 Å². The average molecular weight is 341 g/mol. The van der Waals surface area contributed by atoms with Crippen LogP contribution in [0.3, 0.4) is 0 Å². The van der Waals surface area contributed by atoms with E-state index in [0.717, 1.165) is 6.92 Å². The van der Waals surface area contributed by atoms with Gasteiger partial charge in [0.1, 0.15) is 6.54 Å². The van der Waals surface area contributed by atoms with Crippen molar-refractivity contribution < 1.29 is 32.7 Å². The van der Waals surface area contributed by atoms with Crippen molar-refractivity contribution in [3.63, 3.8) is 0 Å². The van der Waals surface area contributed by atoms with Gasteiger partial charge >= 0.3 is 12.1 Å². The molecule has 0 radical (unpaired) electrons. The summed E-state index contributed by atoms with van der Waals surface area (Å²) in [7, 11) is 0. The zero-order valence-electron chi connectivity index (χ0n) is 12.8. The lowest BCUT2D eigenvalue weighted by molar-refractivity contribution is -0.172. The minimum absolute atomic E-state index is 0.102. The molecule has 128 valence electrons. The van der Waals surface area contributed by atoms with E-state index in [4.69, 9.17) is 5.11 Å². The molecule has 1 unspecified atom stereocenters. The number of carbonyl (C=O) groups is 3. The van der Waals surface area contributed by atoms with E-state index in [2.05, 4.69) is 0 Å². The van der Waals surface area contributed by atoms with Gasteiger partial charge in [-0.05, 0) is 18.6 Å². The lowest BCUT2D eigenvalue weighted by atomic mass is 9.95. The minimum Gasteiger partial charge on any atom is -0.480 e. The van der Waals surface area contributed by atoms with Gasteiger partial charge in [0.05, 0.1) is 0 Å². The first kappa shape index (κ1) is 17.7. The van der Waals surface area contributed by atoms with Crippen molar-refractivity contribution in [2.75, 3.05) is 0 Å². The molecule has 0 spiro atoms. The third-order valence-electron chi connectivity index (χ3n) is 3.76. The lowest BCUT2D eigenvalue weighted by Gasteiger charge is -2.14. The van der Waals surface area contributed by atoms with Crippen molar-refractivity contribution in [2.45, 2.75) is 32.5 Å². The van der Waals surface area contributed by atoms with E-state index in [0.29, 0.717) is 10.9 Å². The largest absolute Gasteiger partial charge is 0.480 e. The van der Waals surface area contributed by atoms with Crippen LogP contribution in [0.1, 0.15) is 35.7 Å². The van der Waals surface area contributed by atoms with Gasteiger partial charge in [0.25, 0.3) is 0 Å². The molecule has 2 aromatic rings. The fourth-order valence-electron chi connectivity index (χ4n) is 2.53. The van der Waals surface area contributed by atoms with Crippen LogP contribution in [0.25, 0.3) is 10.9 Å². The molecule has 0 saturated heterocycles. The molecule has 0 amide bonds. The van der Waals surface area contributed by atoms with Gasteiger partial charge in [-0.2, -0.15) is 13.2 Å². The topological polar surface area (TPSA) is 76.4 Å². The number of benzene rings is 1. The third-order valence-corrected chi connectivity index (χ3v) is 3.76. The van der Waals surface area contributed by atoms with Crippen LogP contribution in [-0.2, 0) is 16.1 Å². The third kappa shape index (κ3) is 3.32. The highest BCUT2D eigenvalue weighted by Crippen LogP contribution is 2.31. The van der Waals surface area contributed by atoms with Crippen LogP contribution >= 0.6 is 0 Å². The Morgan fingerprint density at radius 2 is 1.88 bits per heavy atom. The van der Waals surface area contributed by atoms with Crippen molar-refractivity contribution in [2.24, 2.45) is 0 Å². The van der Waals surface area contributed by atoms with Crippen LogP contribution in [0, 0.1) is 0 Å². The fraction of sp³-hybridized carbons (Fsp3) is 0.312. The fourth-order valence-corrected chi connectivity index (χ4v) is 2.53. The molecule has 0 saturated carbocycles. The number of carboxylic acid groups (broad SMARTS) is 1. The molecule has 0 fully saturated rings. The van der Waals surface area contributed by atoms with Crippen molar-refractivity contribution in [3.8, 4) is 0 Å². The van der Waals surface area contributed by atoms with Gasteiger partial charge in [-0.25, -0.2) is 0 Å². The van der Waals surface area contributed by atoms with Crippen LogP contribution in [-0.4, -0.2) is 33.4 Å². The Morgan fingerprint density at radius 3 is 2.38 bits per heavy atom. The molecule has 5 nitrogen and oxygen atoms in total. The van der Waals surface area contributed by atoms with Crippen LogP contribution in [0.5, 0.6) is 0 Å². The molecule has 0 aliphatic rings. The number of alkyl halides is 3. The Hall–Kier alpha value is -2.64. The average Bonchev–Trinajstić information content (AvgIpc) is 2.82. The lowest BCUT2D eigenvalue weighted by Crippen LogP contribution is -2.27. The number of Topliss-reactive ketones (excluding diaryl/α,β-unsaturated/α-hetero) is 2. The zero-order valence-corrected chi connectivity index (χ0v) is 12.8. The van der Waals surface area contributed by atoms with E-state index < -0.39 is 30.4 Å². The molecular weight excluding hydrogens is 327 g/mol. The number of halogens is 3. The number of aromatic nitrogens is 1. The first-order valence-corrected chi connectivity index (χ1v) is 6.99. The van der Waals surface area contributed by atoms with E-state index in [1.807, 2.05) is 0 Å². The van der Waals surface area contributed by atoms with E-state index in [9.17, 15) is 27.6 Å². The second kappa shape index (κ2) is 6.10. The monoisotopic (exact) mass is 341 g/mol. The van der Waals surface area contributed by atoms with Crippen LogP contribution in [0.15, 0.2) is 24.4 Å². The predicted octanol–water partition coefficient (Wildman–Crippen LogP) is 3.16. The highest BCUT2D eigenvalue weighted by Gasteiger charge is 2.42. The molecular formula is C16H14F3NO4. The van der Waals surface area contributed by atoms with Crippen LogP contribution in [0.2, 0.25) is 0 Å². The molecule has 0 aliphatic heterocycles. The number of hydrogen-bond donors (Lipinski definition) is 1. The van der Waals surface area contributed by atoms with E-state index in [1.165, 1.54) is 35.9 Å². The molecule has 1 aromatic heterocycles. The van der Waals surface area contributed by atoms with Gasteiger partial charge < -0.3 is 9.67 Å². The molecule has 0 bridgehead atoms. The molecule has 0 aliphatic carbocycles. The maximum absolute atomic E-state index is 12.6. The van der Waals surface area contributed by atoms with Crippen LogP contribution in [0.4, 0.5) is 13.2 Å². The Kier molecular flexibility index (Phi) is 4.50. The molecule has 1 N–H and O–H groups in total. The molecule has 1 atom stereocenters. The normalized spacial score (nSPS) is 13.0. The molecule has 2 rings (SSSR count). The number of rotatable bonds is 5. The number of fused-ring (bicyclic) bond motifs is 1. The Labute approximate surface area is 134 Å². The summed E-state index contributed by atoms with van der Waals surface area (Å²) >= 11 is 0. The molecule has 8 heteroatoms. The summed E-state index contributed by atoms with van der Waals surface area (Å²) in [4.78, 5) is 34.0. The summed E-state index contributed by atoms with van der Waals surface area (Å²) in [6.45, 7) is 1.99.